The minimum atomic E-state index is -0.322. The predicted molar refractivity (Wildman–Crippen MR) is 112 cm³/mol. The van der Waals surface area contributed by atoms with Gasteiger partial charge >= 0.3 is 0 Å². The molecule has 0 radical (unpaired) electrons. The Morgan fingerprint density at radius 2 is 1.76 bits per heavy atom. The van der Waals surface area contributed by atoms with Gasteiger partial charge in [0.25, 0.3) is 5.91 Å². The van der Waals surface area contributed by atoms with E-state index >= 15 is 0 Å². The molecule has 0 fully saturated rings. The van der Waals surface area contributed by atoms with Gasteiger partial charge < -0.3 is 9.84 Å². The molecule has 0 aliphatic heterocycles. The van der Waals surface area contributed by atoms with Crippen LogP contribution in [0.15, 0.2) is 65.2 Å². The third-order valence-corrected chi connectivity index (χ3v) is 5.00. The molecule has 0 saturated carbocycles. The summed E-state index contributed by atoms with van der Waals surface area (Å²) in [6.45, 7) is 6.57. The monoisotopic (exact) mass is 386 g/mol. The van der Waals surface area contributed by atoms with E-state index in [0.717, 1.165) is 17.0 Å². The number of benzene rings is 2. The van der Waals surface area contributed by atoms with Crippen LogP contribution in [0, 0.1) is 20.8 Å². The van der Waals surface area contributed by atoms with Crippen LogP contribution in [0.25, 0.3) is 11.3 Å². The number of carbonyl (C=O) groups is 1. The summed E-state index contributed by atoms with van der Waals surface area (Å²) >= 11 is 0. The lowest BCUT2D eigenvalue weighted by Gasteiger charge is -2.08. The lowest BCUT2D eigenvalue weighted by Crippen LogP contribution is -2.13. The maximum absolute atomic E-state index is 12.7. The third kappa shape index (κ3) is 3.82. The first kappa shape index (κ1) is 18.7. The minimum absolute atomic E-state index is 0.231. The first-order chi connectivity index (χ1) is 14.0. The van der Waals surface area contributed by atoms with Crippen molar-refractivity contribution in [3.8, 4) is 11.3 Å². The van der Waals surface area contributed by atoms with E-state index in [2.05, 4.69) is 34.6 Å². The molecule has 0 saturated heterocycles. The smallest absolute Gasteiger partial charge is 0.277 e. The van der Waals surface area contributed by atoms with E-state index in [0.29, 0.717) is 18.0 Å². The number of nitrogens with zero attached hydrogens (tertiary/aromatic N) is 3. The number of nitrogens with one attached hydrogen (secondary N) is 1. The van der Waals surface area contributed by atoms with E-state index in [1.165, 1.54) is 11.1 Å². The zero-order valence-electron chi connectivity index (χ0n) is 16.6. The SMILES string of the molecule is Cc1ccccc1Cn1nc(C)c(NC(=O)c2cc(-c3ccccc3)on2)c1C. The maximum atomic E-state index is 12.7. The van der Waals surface area contributed by atoms with E-state index in [-0.39, 0.29) is 11.6 Å². The second-order valence-corrected chi connectivity index (χ2v) is 7.03. The first-order valence-electron chi connectivity index (χ1n) is 9.45. The quantitative estimate of drug-likeness (QED) is 0.536. The lowest BCUT2D eigenvalue weighted by molar-refractivity contribution is 0.101. The minimum Gasteiger partial charge on any atom is -0.355 e. The zero-order chi connectivity index (χ0) is 20.4. The number of aryl methyl sites for hydroxylation is 2. The summed E-state index contributed by atoms with van der Waals surface area (Å²) in [4.78, 5) is 12.7. The van der Waals surface area contributed by atoms with Crippen LogP contribution in [-0.4, -0.2) is 20.8 Å². The molecular formula is C23H22N4O2. The van der Waals surface area contributed by atoms with Crippen molar-refractivity contribution in [2.24, 2.45) is 0 Å². The Morgan fingerprint density at radius 1 is 1.03 bits per heavy atom. The molecular weight excluding hydrogens is 364 g/mol. The van der Waals surface area contributed by atoms with Crippen molar-refractivity contribution >= 4 is 11.6 Å². The Labute approximate surface area is 169 Å². The van der Waals surface area contributed by atoms with E-state index < -0.39 is 0 Å². The summed E-state index contributed by atoms with van der Waals surface area (Å²) < 4.78 is 7.24. The molecule has 0 atom stereocenters. The summed E-state index contributed by atoms with van der Waals surface area (Å²) in [6.07, 6.45) is 0. The molecule has 1 N–H and O–H groups in total. The molecule has 0 aliphatic rings. The predicted octanol–water partition coefficient (Wildman–Crippen LogP) is 4.76. The van der Waals surface area contributed by atoms with E-state index in [4.69, 9.17) is 4.52 Å². The number of aromatic nitrogens is 3. The van der Waals surface area contributed by atoms with Gasteiger partial charge in [0.2, 0.25) is 0 Å². The molecule has 0 bridgehead atoms. The van der Waals surface area contributed by atoms with Crippen LogP contribution in [0.1, 0.15) is 33.0 Å². The third-order valence-electron chi connectivity index (χ3n) is 5.00. The van der Waals surface area contributed by atoms with Crippen molar-refractivity contribution in [3.05, 3.63) is 88.9 Å². The van der Waals surface area contributed by atoms with Crippen LogP contribution in [0.2, 0.25) is 0 Å². The standard InChI is InChI=1S/C23H22N4O2/c1-15-9-7-8-12-19(15)14-27-17(3)22(16(2)25-27)24-23(28)20-13-21(29-26-20)18-10-5-4-6-11-18/h4-13H,14H2,1-3H3,(H,24,28). The molecule has 2 aromatic heterocycles. The number of carbonyl (C=O) groups excluding carboxylic acids is 1. The van der Waals surface area contributed by atoms with Crippen molar-refractivity contribution in [3.63, 3.8) is 0 Å². The number of rotatable bonds is 5. The van der Waals surface area contributed by atoms with Crippen molar-refractivity contribution < 1.29 is 9.32 Å². The molecule has 0 aliphatic carbocycles. The van der Waals surface area contributed by atoms with Gasteiger partial charge in [0.05, 0.1) is 23.6 Å². The summed E-state index contributed by atoms with van der Waals surface area (Å²) in [5, 5.41) is 11.5. The molecule has 29 heavy (non-hydrogen) atoms. The average Bonchev–Trinajstić information content (AvgIpc) is 3.32. The van der Waals surface area contributed by atoms with Crippen molar-refractivity contribution in [2.45, 2.75) is 27.3 Å². The Hall–Kier alpha value is -3.67. The first-order valence-corrected chi connectivity index (χ1v) is 9.45. The highest BCUT2D eigenvalue weighted by atomic mass is 16.5. The second-order valence-electron chi connectivity index (χ2n) is 7.03. The van der Waals surface area contributed by atoms with Gasteiger partial charge in [-0.05, 0) is 31.9 Å². The molecule has 0 spiro atoms. The Bertz CT molecular complexity index is 1160. The van der Waals surface area contributed by atoms with Crippen LogP contribution in [0.5, 0.6) is 0 Å². The van der Waals surface area contributed by atoms with Gasteiger partial charge in [-0.3, -0.25) is 9.48 Å². The van der Waals surface area contributed by atoms with Gasteiger partial charge in [0.15, 0.2) is 11.5 Å². The molecule has 6 nitrogen and oxygen atoms in total. The summed E-state index contributed by atoms with van der Waals surface area (Å²) in [5.41, 5.74) is 5.86. The summed E-state index contributed by atoms with van der Waals surface area (Å²) in [5.74, 6) is 0.233. The molecule has 146 valence electrons. The average molecular weight is 386 g/mol. The lowest BCUT2D eigenvalue weighted by atomic mass is 10.1. The molecule has 6 heteroatoms. The van der Waals surface area contributed by atoms with Crippen LogP contribution in [0.3, 0.4) is 0 Å². The van der Waals surface area contributed by atoms with Gasteiger partial charge in [-0.15, -0.1) is 0 Å². The maximum Gasteiger partial charge on any atom is 0.277 e. The van der Waals surface area contributed by atoms with Gasteiger partial charge in [-0.1, -0.05) is 59.8 Å². The number of hydrogen-bond donors (Lipinski definition) is 1. The molecule has 2 aromatic carbocycles. The molecule has 0 unspecified atom stereocenters. The number of hydrogen-bond acceptors (Lipinski definition) is 4. The largest absolute Gasteiger partial charge is 0.355 e. The van der Waals surface area contributed by atoms with Gasteiger partial charge in [-0.25, -0.2) is 0 Å². The van der Waals surface area contributed by atoms with Crippen molar-refractivity contribution in [2.75, 3.05) is 5.32 Å². The molecule has 2 heterocycles. The molecule has 4 rings (SSSR count). The Balaban J connectivity index is 1.54. The van der Waals surface area contributed by atoms with Crippen molar-refractivity contribution in [1.29, 1.82) is 0 Å². The Kier molecular flexibility index (Phi) is 4.99. The molecule has 4 aromatic rings. The Morgan fingerprint density at radius 3 is 2.52 bits per heavy atom. The van der Waals surface area contributed by atoms with E-state index in [1.807, 2.05) is 61.0 Å². The highest BCUT2D eigenvalue weighted by Gasteiger charge is 2.19. The van der Waals surface area contributed by atoms with Crippen LogP contribution in [-0.2, 0) is 6.54 Å². The van der Waals surface area contributed by atoms with E-state index in [9.17, 15) is 4.79 Å². The fraction of sp³-hybridized carbons (Fsp3) is 0.174. The van der Waals surface area contributed by atoms with Crippen molar-refractivity contribution in [1.82, 2.24) is 14.9 Å². The second kappa shape index (κ2) is 7.75. The highest BCUT2D eigenvalue weighted by molar-refractivity contribution is 6.03. The zero-order valence-corrected chi connectivity index (χ0v) is 16.6. The highest BCUT2D eigenvalue weighted by Crippen LogP contribution is 2.24. The summed E-state index contributed by atoms with van der Waals surface area (Å²) in [6, 6.07) is 19.4. The van der Waals surface area contributed by atoms with E-state index in [1.54, 1.807) is 6.07 Å². The van der Waals surface area contributed by atoms with Crippen LogP contribution < -0.4 is 5.32 Å². The van der Waals surface area contributed by atoms with Crippen LogP contribution in [0.4, 0.5) is 5.69 Å². The number of anilines is 1. The normalized spacial score (nSPS) is 10.9. The van der Waals surface area contributed by atoms with Gasteiger partial charge in [0.1, 0.15) is 0 Å². The topological polar surface area (TPSA) is 73.0 Å². The molecule has 1 amide bonds. The fourth-order valence-corrected chi connectivity index (χ4v) is 3.28. The van der Waals surface area contributed by atoms with Crippen LogP contribution >= 0.6 is 0 Å². The van der Waals surface area contributed by atoms with Gasteiger partial charge in [0, 0.05) is 11.6 Å². The summed E-state index contributed by atoms with van der Waals surface area (Å²) in [7, 11) is 0. The number of amides is 1. The van der Waals surface area contributed by atoms with Gasteiger partial charge in [-0.2, -0.15) is 5.10 Å². The fourth-order valence-electron chi connectivity index (χ4n) is 3.28.